The minimum Gasteiger partial charge on any atom is -0.470 e. The summed E-state index contributed by atoms with van der Waals surface area (Å²) in [5.74, 6) is 0.173. The summed E-state index contributed by atoms with van der Waals surface area (Å²) in [6.07, 6.45) is 0. The molecule has 45 heavy (non-hydrogen) atoms. The Bertz CT molecular complexity index is 2040. The van der Waals surface area contributed by atoms with Gasteiger partial charge in [-0.3, -0.25) is 4.79 Å². The average Bonchev–Trinajstić information content (AvgIpc) is 3.65. The number of pyridine rings is 1. The Morgan fingerprint density at radius 1 is 1.00 bits per heavy atom. The fourth-order valence-corrected chi connectivity index (χ4v) is 5.80. The number of aromatic nitrogens is 3. The van der Waals surface area contributed by atoms with Crippen LogP contribution in [0.5, 0.6) is 5.75 Å². The number of halogens is 1. The van der Waals surface area contributed by atoms with Gasteiger partial charge in [-0.25, -0.2) is 9.37 Å². The summed E-state index contributed by atoms with van der Waals surface area (Å²) in [6.45, 7) is 6.54. The lowest BCUT2D eigenvalue weighted by atomic mass is 10.00. The van der Waals surface area contributed by atoms with Crippen LogP contribution in [0.2, 0.25) is 0 Å². The summed E-state index contributed by atoms with van der Waals surface area (Å²) in [5, 5.41) is 4.70. The number of fused-ring (bicyclic) bond motifs is 6. The van der Waals surface area contributed by atoms with Gasteiger partial charge in [-0.2, -0.15) is 0 Å². The first-order chi connectivity index (χ1) is 21.8. The van der Waals surface area contributed by atoms with Crippen LogP contribution < -0.4 is 15.0 Å². The standard InChI is InChI=1S/C33H28FN5O2.2CH2O/c1-18-6-5-7-26-21(18)15-28-32-29(41-17-39(26)28)13-12-24(36-32)22-14-23-25(16-27(22)38(3)4)37-31(30(23)33(40)35-2)19-8-10-20(34)11-9-19;2*1-2/h5-16,37H,17H2,1-4H3,(H,35,40);2*1H2. The quantitative estimate of drug-likeness (QED) is 0.242. The van der Waals surface area contributed by atoms with E-state index < -0.39 is 0 Å². The molecule has 1 amide bonds. The fraction of sp³-hybridized carbons (Fsp3) is 0.143. The number of nitrogens with one attached hydrogen (secondary N) is 2. The second kappa shape index (κ2) is 12.5. The molecule has 9 nitrogen and oxygen atoms in total. The van der Waals surface area contributed by atoms with E-state index in [4.69, 9.17) is 19.3 Å². The summed E-state index contributed by atoms with van der Waals surface area (Å²) in [4.78, 5) is 39.8. The highest BCUT2D eigenvalue weighted by Gasteiger charge is 2.25. The van der Waals surface area contributed by atoms with Crippen LogP contribution in [0.4, 0.5) is 10.1 Å². The Balaban J connectivity index is 0.000000963. The van der Waals surface area contributed by atoms with Crippen LogP contribution in [0.1, 0.15) is 15.9 Å². The van der Waals surface area contributed by atoms with E-state index in [2.05, 4.69) is 46.1 Å². The van der Waals surface area contributed by atoms with Crippen LogP contribution in [0.3, 0.4) is 0 Å². The van der Waals surface area contributed by atoms with Crippen molar-refractivity contribution in [2.75, 3.05) is 26.0 Å². The molecule has 1 aliphatic rings. The molecule has 1 aliphatic heterocycles. The predicted octanol–water partition coefficient (Wildman–Crippen LogP) is 6.37. The van der Waals surface area contributed by atoms with E-state index in [1.54, 1.807) is 19.2 Å². The van der Waals surface area contributed by atoms with E-state index in [1.165, 1.54) is 23.1 Å². The third-order valence-electron chi connectivity index (χ3n) is 7.87. The van der Waals surface area contributed by atoms with Crippen LogP contribution >= 0.6 is 0 Å². The maximum atomic E-state index is 13.7. The highest BCUT2D eigenvalue weighted by atomic mass is 19.1. The molecular weight excluding hydrogens is 573 g/mol. The van der Waals surface area contributed by atoms with Gasteiger partial charge >= 0.3 is 0 Å². The highest BCUT2D eigenvalue weighted by molar-refractivity contribution is 6.14. The molecule has 0 saturated carbocycles. The van der Waals surface area contributed by atoms with Gasteiger partial charge in [-0.05, 0) is 78.7 Å². The van der Waals surface area contributed by atoms with Crippen molar-refractivity contribution in [2.24, 2.45) is 0 Å². The number of carbonyl (C=O) groups is 3. The number of nitrogens with zero attached hydrogens (tertiary/aromatic N) is 3. The normalized spacial score (nSPS) is 11.3. The minimum atomic E-state index is -0.333. The maximum Gasteiger partial charge on any atom is 0.253 e. The molecule has 0 fully saturated rings. The Morgan fingerprint density at radius 2 is 1.73 bits per heavy atom. The molecule has 0 unspecified atom stereocenters. The first kappa shape index (κ1) is 30.7. The number of hydrogen-bond donors (Lipinski definition) is 2. The first-order valence-electron chi connectivity index (χ1n) is 14.0. The van der Waals surface area contributed by atoms with Gasteiger partial charge in [0.2, 0.25) is 0 Å². The highest BCUT2D eigenvalue weighted by Crippen LogP contribution is 2.42. The third kappa shape index (κ3) is 5.20. The van der Waals surface area contributed by atoms with Crippen LogP contribution in [0.25, 0.3) is 55.7 Å². The lowest BCUT2D eigenvalue weighted by Gasteiger charge is -2.22. The van der Waals surface area contributed by atoms with Gasteiger partial charge in [0, 0.05) is 48.7 Å². The summed E-state index contributed by atoms with van der Waals surface area (Å²) in [5.41, 5.74) is 9.34. The van der Waals surface area contributed by atoms with Gasteiger partial charge in [0.25, 0.3) is 5.91 Å². The molecule has 4 heterocycles. The summed E-state index contributed by atoms with van der Waals surface area (Å²) >= 11 is 0. The van der Waals surface area contributed by atoms with Gasteiger partial charge < -0.3 is 34.1 Å². The number of rotatable bonds is 4. The van der Waals surface area contributed by atoms with Crippen molar-refractivity contribution in [1.29, 1.82) is 0 Å². The number of ether oxygens (including phenoxy) is 1. The van der Waals surface area contributed by atoms with Crippen LogP contribution in [0.15, 0.2) is 72.8 Å². The number of aryl methyl sites for hydroxylation is 1. The molecule has 0 aliphatic carbocycles. The molecule has 0 bridgehead atoms. The molecule has 7 rings (SSSR count). The number of H-pyrrole nitrogens is 1. The van der Waals surface area contributed by atoms with Crippen molar-refractivity contribution in [1.82, 2.24) is 19.9 Å². The van der Waals surface area contributed by atoms with Gasteiger partial charge in [0.05, 0.1) is 28.2 Å². The molecule has 0 atom stereocenters. The topological polar surface area (TPSA) is 109 Å². The zero-order valence-corrected chi connectivity index (χ0v) is 25.4. The smallest absolute Gasteiger partial charge is 0.253 e. The van der Waals surface area contributed by atoms with Crippen molar-refractivity contribution >= 4 is 47.0 Å². The number of amides is 1. The number of aromatic amines is 1. The Kier molecular flexibility index (Phi) is 8.49. The molecule has 3 aromatic heterocycles. The SMILES string of the molecule is C=O.C=O.CNC(=O)c1c(-c2ccc(F)cc2)[nH]c2cc(N(C)C)c(-c3ccc4c(n3)-c3cc5c(C)cccc5n3CO4)cc12. The zero-order chi connectivity index (χ0) is 32.4. The molecule has 228 valence electrons. The number of anilines is 1. The van der Waals surface area contributed by atoms with Crippen molar-refractivity contribution in [3.8, 4) is 39.7 Å². The monoisotopic (exact) mass is 605 g/mol. The second-order valence-electron chi connectivity index (χ2n) is 10.6. The summed E-state index contributed by atoms with van der Waals surface area (Å²) < 4.78 is 22.0. The predicted molar refractivity (Wildman–Crippen MR) is 175 cm³/mol. The van der Waals surface area contributed by atoms with Gasteiger partial charge in [-0.1, -0.05) is 12.1 Å². The van der Waals surface area contributed by atoms with Crippen molar-refractivity contribution in [2.45, 2.75) is 13.7 Å². The third-order valence-corrected chi connectivity index (χ3v) is 7.87. The molecule has 0 spiro atoms. The lowest BCUT2D eigenvalue weighted by Crippen LogP contribution is -2.18. The Labute approximate surface area is 259 Å². The number of hydrogen-bond acceptors (Lipinski definition) is 6. The maximum absolute atomic E-state index is 13.7. The van der Waals surface area contributed by atoms with E-state index in [9.17, 15) is 9.18 Å². The van der Waals surface area contributed by atoms with Gasteiger partial charge in [0.1, 0.15) is 30.8 Å². The van der Waals surface area contributed by atoms with Crippen LogP contribution in [-0.4, -0.2) is 55.2 Å². The van der Waals surface area contributed by atoms with Crippen molar-refractivity contribution in [3.63, 3.8) is 0 Å². The Hall–Kier alpha value is -5.77. The molecule has 2 N–H and O–H groups in total. The first-order valence-corrected chi connectivity index (χ1v) is 14.0. The van der Waals surface area contributed by atoms with E-state index in [1.807, 2.05) is 56.8 Å². The minimum absolute atomic E-state index is 0.231. The molecular formula is C35H32FN5O4. The molecule has 10 heteroatoms. The van der Waals surface area contributed by atoms with Crippen molar-refractivity contribution in [3.05, 3.63) is 89.7 Å². The average molecular weight is 606 g/mol. The number of benzene rings is 3. The second-order valence-corrected chi connectivity index (χ2v) is 10.6. The summed E-state index contributed by atoms with van der Waals surface area (Å²) in [6, 6.07) is 22.6. The van der Waals surface area contributed by atoms with E-state index in [0.29, 0.717) is 18.0 Å². The molecule has 0 radical (unpaired) electrons. The van der Waals surface area contributed by atoms with E-state index in [0.717, 1.165) is 56.1 Å². The lowest BCUT2D eigenvalue weighted by molar-refractivity contribution is -0.0987. The molecule has 6 aromatic rings. The van der Waals surface area contributed by atoms with Gasteiger partial charge in [-0.15, -0.1) is 0 Å². The Morgan fingerprint density at radius 3 is 2.42 bits per heavy atom. The van der Waals surface area contributed by atoms with E-state index in [-0.39, 0.29) is 11.7 Å². The number of carbonyl (C=O) groups excluding carboxylic acids is 3. The van der Waals surface area contributed by atoms with Crippen molar-refractivity contribution < 1.29 is 23.5 Å². The fourth-order valence-electron chi connectivity index (χ4n) is 5.80. The van der Waals surface area contributed by atoms with Gasteiger partial charge in [0.15, 0.2) is 6.73 Å². The largest absolute Gasteiger partial charge is 0.470 e. The van der Waals surface area contributed by atoms with E-state index >= 15 is 0 Å². The van der Waals surface area contributed by atoms with Crippen LogP contribution in [-0.2, 0) is 16.3 Å². The summed E-state index contributed by atoms with van der Waals surface area (Å²) in [7, 11) is 5.57. The molecule has 0 saturated heterocycles. The molecule has 3 aromatic carbocycles. The van der Waals surface area contributed by atoms with Crippen LogP contribution in [0, 0.1) is 12.7 Å². The zero-order valence-electron chi connectivity index (χ0n) is 25.4.